The molecule has 0 atom stereocenters. The molecule has 1 aliphatic heterocycles. The number of hydrogen-bond donors (Lipinski definition) is 0. The largest absolute Gasteiger partial charge is 0.490 e. The van der Waals surface area contributed by atoms with Crippen molar-refractivity contribution >= 4 is 28.9 Å². The van der Waals surface area contributed by atoms with Gasteiger partial charge in [0, 0.05) is 55.2 Å². The number of nitrogens with zero attached hydrogens (tertiary/aromatic N) is 4. The molecule has 4 rings (SSSR count). The molecule has 0 saturated carbocycles. The molecule has 0 radical (unpaired) electrons. The van der Waals surface area contributed by atoms with Gasteiger partial charge >= 0.3 is 0 Å². The van der Waals surface area contributed by atoms with E-state index in [0.29, 0.717) is 67.2 Å². The average Bonchev–Trinajstić information content (AvgIpc) is 2.88. The van der Waals surface area contributed by atoms with Crippen LogP contribution >= 0.6 is 11.6 Å². The normalized spacial score (nSPS) is 13.4. The molecule has 1 saturated heterocycles. The van der Waals surface area contributed by atoms with Crippen LogP contribution < -0.4 is 14.4 Å². The molecule has 9 nitrogen and oxygen atoms in total. The van der Waals surface area contributed by atoms with Gasteiger partial charge in [0.15, 0.2) is 11.5 Å². The number of nitro benzene ring substituents is 1. The van der Waals surface area contributed by atoms with Gasteiger partial charge < -0.3 is 19.3 Å². The second-order valence-electron chi connectivity index (χ2n) is 7.91. The number of piperazine rings is 1. The van der Waals surface area contributed by atoms with E-state index in [1.807, 2.05) is 24.0 Å². The molecule has 1 amide bonds. The van der Waals surface area contributed by atoms with Crippen molar-refractivity contribution in [1.82, 2.24) is 9.88 Å². The molecule has 0 N–H and O–H groups in total. The van der Waals surface area contributed by atoms with Crippen LogP contribution in [0.5, 0.6) is 11.5 Å². The molecule has 1 aromatic heterocycles. The first-order valence-corrected chi connectivity index (χ1v) is 11.6. The lowest BCUT2D eigenvalue weighted by Gasteiger charge is -2.36. The molecule has 2 aromatic carbocycles. The molecule has 1 fully saturated rings. The summed E-state index contributed by atoms with van der Waals surface area (Å²) in [6, 6.07) is 13.5. The van der Waals surface area contributed by atoms with E-state index < -0.39 is 4.92 Å². The lowest BCUT2D eigenvalue weighted by atomic mass is 10.1. The first kappa shape index (κ1) is 24.3. The predicted molar refractivity (Wildman–Crippen MR) is 132 cm³/mol. The van der Waals surface area contributed by atoms with Gasteiger partial charge in [0.2, 0.25) is 0 Å². The first-order valence-electron chi connectivity index (χ1n) is 11.2. The van der Waals surface area contributed by atoms with E-state index in [-0.39, 0.29) is 11.6 Å². The minimum absolute atomic E-state index is 0.0408. The number of anilines is 1. The van der Waals surface area contributed by atoms with Crippen molar-refractivity contribution in [3.8, 4) is 11.5 Å². The number of amides is 1. The second kappa shape index (κ2) is 11.1. The topological polar surface area (TPSA) is 98.0 Å². The van der Waals surface area contributed by atoms with Crippen LogP contribution in [0.2, 0.25) is 5.02 Å². The van der Waals surface area contributed by atoms with Gasteiger partial charge in [-0.3, -0.25) is 19.9 Å². The Kier molecular flexibility index (Phi) is 7.67. The van der Waals surface area contributed by atoms with Gasteiger partial charge in [-0.05, 0) is 55.0 Å². The summed E-state index contributed by atoms with van der Waals surface area (Å²) >= 11 is 5.93. The van der Waals surface area contributed by atoms with Gasteiger partial charge in [-0.2, -0.15) is 0 Å². The summed E-state index contributed by atoms with van der Waals surface area (Å²) in [6.45, 7) is 4.47. The molecular weight excluding hydrogens is 472 g/mol. The minimum atomic E-state index is -0.438. The van der Waals surface area contributed by atoms with Crippen LogP contribution in [0.4, 0.5) is 11.4 Å². The summed E-state index contributed by atoms with van der Waals surface area (Å²) in [6.07, 6.45) is 3.41. The summed E-state index contributed by atoms with van der Waals surface area (Å²) < 4.78 is 11.6. The Morgan fingerprint density at radius 2 is 1.77 bits per heavy atom. The third-order valence-corrected chi connectivity index (χ3v) is 5.91. The number of rotatable bonds is 8. The Hall–Kier alpha value is -3.85. The maximum Gasteiger partial charge on any atom is 0.294 e. The number of halogens is 1. The van der Waals surface area contributed by atoms with E-state index in [1.165, 1.54) is 6.07 Å². The third-order valence-electron chi connectivity index (χ3n) is 5.68. The summed E-state index contributed by atoms with van der Waals surface area (Å²) in [5.74, 6) is 0.930. The Morgan fingerprint density at radius 3 is 2.46 bits per heavy atom. The quantitative estimate of drug-likeness (QED) is 0.332. The van der Waals surface area contributed by atoms with Crippen LogP contribution in [-0.4, -0.2) is 53.5 Å². The molecule has 0 bridgehead atoms. The highest BCUT2D eigenvalue weighted by Crippen LogP contribution is 2.33. The van der Waals surface area contributed by atoms with Crippen LogP contribution in [0.25, 0.3) is 0 Å². The van der Waals surface area contributed by atoms with Crippen molar-refractivity contribution in [2.24, 2.45) is 0 Å². The maximum atomic E-state index is 13.2. The van der Waals surface area contributed by atoms with Crippen LogP contribution in [-0.2, 0) is 6.61 Å². The summed E-state index contributed by atoms with van der Waals surface area (Å²) in [7, 11) is 0. The second-order valence-corrected chi connectivity index (χ2v) is 8.34. The van der Waals surface area contributed by atoms with Crippen molar-refractivity contribution in [3.63, 3.8) is 0 Å². The van der Waals surface area contributed by atoms with Gasteiger partial charge in [0.05, 0.1) is 11.5 Å². The predicted octanol–water partition coefficient (Wildman–Crippen LogP) is 4.58. The van der Waals surface area contributed by atoms with E-state index >= 15 is 0 Å². The lowest BCUT2D eigenvalue weighted by molar-refractivity contribution is -0.384. The standard InChI is InChI=1S/C25H25ClN4O5/c1-2-34-24-15-19(3-6-23(24)35-17-18-7-9-27-10-8-18)25(31)29-13-11-28(12-14-29)21-5-4-20(26)16-22(21)30(32)33/h3-10,15-16H,2,11-14,17H2,1H3. The Morgan fingerprint density at radius 1 is 1.03 bits per heavy atom. The molecule has 2 heterocycles. The van der Waals surface area contributed by atoms with Crippen molar-refractivity contribution in [2.45, 2.75) is 13.5 Å². The number of nitro groups is 1. The smallest absolute Gasteiger partial charge is 0.294 e. The number of ether oxygens (including phenoxy) is 2. The van der Waals surface area contributed by atoms with Crippen LogP contribution in [0, 0.1) is 10.1 Å². The molecular formula is C25H25ClN4O5. The summed E-state index contributed by atoms with van der Waals surface area (Å²) in [5, 5.41) is 11.8. The Balaban J connectivity index is 1.43. The highest BCUT2D eigenvalue weighted by atomic mass is 35.5. The Labute approximate surface area is 208 Å². The molecule has 1 aliphatic rings. The third kappa shape index (κ3) is 5.81. The monoisotopic (exact) mass is 496 g/mol. The molecule has 0 aliphatic carbocycles. The fourth-order valence-electron chi connectivity index (χ4n) is 3.91. The fourth-order valence-corrected chi connectivity index (χ4v) is 4.08. The minimum Gasteiger partial charge on any atom is -0.490 e. The molecule has 3 aromatic rings. The maximum absolute atomic E-state index is 13.2. The molecule has 0 unspecified atom stereocenters. The van der Waals surface area contributed by atoms with Gasteiger partial charge in [-0.1, -0.05) is 11.6 Å². The van der Waals surface area contributed by atoms with E-state index in [2.05, 4.69) is 4.98 Å². The van der Waals surface area contributed by atoms with Crippen molar-refractivity contribution in [2.75, 3.05) is 37.7 Å². The van der Waals surface area contributed by atoms with E-state index in [9.17, 15) is 14.9 Å². The van der Waals surface area contributed by atoms with Crippen LogP contribution in [0.1, 0.15) is 22.8 Å². The summed E-state index contributed by atoms with van der Waals surface area (Å²) in [5.41, 5.74) is 1.93. The molecule has 10 heteroatoms. The zero-order valence-electron chi connectivity index (χ0n) is 19.2. The van der Waals surface area contributed by atoms with Gasteiger partial charge in [0.1, 0.15) is 12.3 Å². The number of carbonyl (C=O) groups is 1. The summed E-state index contributed by atoms with van der Waals surface area (Å²) in [4.78, 5) is 31.8. The van der Waals surface area contributed by atoms with Crippen molar-refractivity contribution in [1.29, 1.82) is 0 Å². The number of pyridine rings is 1. The highest BCUT2D eigenvalue weighted by Gasteiger charge is 2.27. The van der Waals surface area contributed by atoms with Crippen LogP contribution in [0.15, 0.2) is 60.9 Å². The van der Waals surface area contributed by atoms with Crippen LogP contribution in [0.3, 0.4) is 0 Å². The van der Waals surface area contributed by atoms with Crippen molar-refractivity contribution < 1.29 is 19.2 Å². The number of carbonyl (C=O) groups excluding carboxylic acids is 1. The molecule has 0 spiro atoms. The highest BCUT2D eigenvalue weighted by molar-refractivity contribution is 6.30. The average molecular weight is 497 g/mol. The van der Waals surface area contributed by atoms with E-state index in [0.717, 1.165) is 5.56 Å². The van der Waals surface area contributed by atoms with Gasteiger partial charge in [0.25, 0.3) is 11.6 Å². The fraction of sp³-hybridized carbons (Fsp3) is 0.280. The lowest BCUT2D eigenvalue weighted by Crippen LogP contribution is -2.49. The van der Waals surface area contributed by atoms with E-state index in [1.54, 1.807) is 47.6 Å². The van der Waals surface area contributed by atoms with E-state index in [4.69, 9.17) is 21.1 Å². The van der Waals surface area contributed by atoms with Gasteiger partial charge in [-0.25, -0.2) is 0 Å². The van der Waals surface area contributed by atoms with Crippen molar-refractivity contribution in [3.05, 3.63) is 87.2 Å². The molecule has 182 valence electrons. The SMILES string of the molecule is CCOc1cc(C(=O)N2CCN(c3ccc(Cl)cc3[N+](=O)[O-])CC2)ccc1OCc1ccncc1. The zero-order chi connectivity index (χ0) is 24.8. The van der Waals surface area contributed by atoms with Gasteiger partial charge in [-0.15, -0.1) is 0 Å². The first-order chi connectivity index (χ1) is 17.0. The number of aromatic nitrogens is 1. The number of hydrogen-bond acceptors (Lipinski definition) is 7. The zero-order valence-corrected chi connectivity index (χ0v) is 20.0. The number of benzene rings is 2. The Bertz CT molecular complexity index is 1200. The molecule has 35 heavy (non-hydrogen) atoms.